The van der Waals surface area contributed by atoms with E-state index in [9.17, 15) is 36.6 Å². The highest BCUT2D eigenvalue weighted by Gasteiger charge is 2.33. The molecule has 1 saturated heterocycles. The summed E-state index contributed by atoms with van der Waals surface area (Å²) in [7, 11) is 0. The van der Waals surface area contributed by atoms with E-state index in [-0.39, 0.29) is 26.3 Å². The van der Waals surface area contributed by atoms with Gasteiger partial charge in [-0.15, -0.1) is 0 Å². The van der Waals surface area contributed by atoms with Gasteiger partial charge in [-0.2, -0.15) is 0 Å². The lowest BCUT2D eigenvalue weighted by molar-refractivity contribution is -0.138. The van der Waals surface area contributed by atoms with E-state index in [1.54, 1.807) is 5.32 Å². The number of aliphatic hydroxyl groups is 1. The van der Waals surface area contributed by atoms with Crippen molar-refractivity contribution < 1.29 is 41.4 Å². The lowest BCUT2D eigenvalue weighted by atomic mass is 10.1. The van der Waals surface area contributed by atoms with Gasteiger partial charge in [0.05, 0.1) is 19.8 Å². The Labute approximate surface area is 138 Å². The van der Waals surface area contributed by atoms with Gasteiger partial charge in [-0.25, -0.2) is 22.0 Å². The molecule has 0 spiro atoms. The molecule has 0 bridgehead atoms. The molecule has 2 amide bonds. The summed E-state index contributed by atoms with van der Waals surface area (Å²) in [5.41, 5.74) is -1.73. The van der Waals surface area contributed by atoms with E-state index in [0.29, 0.717) is 0 Å². The average Bonchev–Trinajstić information content (AvgIpc) is 2.63. The zero-order valence-corrected chi connectivity index (χ0v) is 12.6. The molecule has 6 nitrogen and oxygen atoms in total. The van der Waals surface area contributed by atoms with Gasteiger partial charge in [-0.1, -0.05) is 0 Å². The highest BCUT2D eigenvalue weighted by molar-refractivity contribution is 5.98. The Bertz CT molecular complexity index is 665. The average molecular weight is 368 g/mol. The van der Waals surface area contributed by atoms with Gasteiger partial charge >= 0.3 is 0 Å². The third-order valence-electron chi connectivity index (χ3n) is 3.55. The molecule has 1 aromatic carbocycles. The molecule has 1 heterocycles. The number of carbonyl (C=O) groups is 2. The van der Waals surface area contributed by atoms with Crippen LogP contribution in [0.5, 0.6) is 0 Å². The van der Waals surface area contributed by atoms with E-state index < -0.39 is 59.1 Å². The molecule has 0 saturated carbocycles. The van der Waals surface area contributed by atoms with Crippen LogP contribution in [0.2, 0.25) is 0 Å². The van der Waals surface area contributed by atoms with Gasteiger partial charge < -0.3 is 20.1 Å². The molecule has 138 valence electrons. The number of aliphatic hydroxyl groups excluding tert-OH is 1. The van der Waals surface area contributed by atoms with Crippen LogP contribution < -0.4 is 5.32 Å². The molecule has 0 unspecified atom stereocenters. The molecule has 0 aliphatic carbocycles. The minimum Gasteiger partial charge on any atom is -0.394 e. The third kappa shape index (κ3) is 3.71. The summed E-state index contributed by atoms with van der Waals surface area (Å²) in [4.78, 5) is 25.3. The number of ether oxygens (including phenoxy) is 1. The fraction of sp³-hybridized carbons (Fsp3) is 0.429. The highest BCUT2D eigenvalue weighted by atomic mass is 19.2. The number of hydrogen-bond acceptors (Lipinski definition) is 4. The second kappa shape index (κ2) is 7.74. The summed E-state index contributed by atoms with van der Waals surface area (Å²) in [6.45, 7) is -0.177. The number of hydrogen-bond donors (Lipinski definition) is 2. The van der Waals surface area contributed by atoms with Gasteiger partial charge in [0.2, 0.25) is 11.7 Å². The van der Waals surface area contributed by atoms with E-state index >= 15 is 0 Å². The van der Waals surface area contributed by atoms with Crippen molar-refractivity contribution in [1.82, 2.24) is 10.2 Å². The minimum absolute atomic E-state index is 0.160. The zero-order chi connectivity index (χ0) is 18.7. The number of nitrogens with zero attached hydrogens (tertiary/aromatic N) is 1. The summed E-state index contributed by atoms with van der Waals surface area (Å²) >= 11 is 0. The molecular formula is C14H13F5N2O4. The van der Waals surface area contributed by atoms with Gasteiger partial charge in [0.25, 0.3) is 5.91 Å². The number of benzene rings is 1. The maximum atomic E-state index is 13.6. The predicted octanol–water partition coefficient (Wildman–Crippen LogP) is 0.332. The Hall–Kier alpha value is -2.27. The Kier molecular flexibility index (Phi) is 5.90. The molecule has 25 heavy (non-hydrogen) atoms. The fourth-order valence-corrected chi connectivity index (χ4v) is 2.22. The topological polar surface area (TPSA) is 78.9 Å². The molecule has 2 N–H and O–H groups in total. The van der Waals surface area contributed by atoms with Crippen molar-refractivity contribution >= 4 is 11.8 Å². The van der Waals surface area contributed by atoms with Crippen LogP contribution in [-0.4, -0.2) is 60.8 Å². The first-order valence-corrected chi connectivity index (χ1v) is 7.09. The zero-order valence-electron chi connectivity index (χ0n) is 12.6. The monoisotopic (exact) mass is 368 g/mol. The van der Waals surface area contributed by atoms with Crippen LogP contribution in [0.3, 0.4) is 0 Å². The van der Waals surface area contributed by atoms with Gasteiger partial charge in [-0.05, 0) is 0 Å². The van der Waals surface area contributed by atoms with Crippen molar-refractivity contribution in [1.29, 1.82) is 0 Å². The van der Waals surface area contributed by atoms with Crippen molar-refractivity contribution in [2.45, 2.75) is 6.04 Å². The predicted molar refractivity (Wildman–Crippen MR) is 72.0 cm³/mol. The molecule has 0 aromatic heterocycles. The fourth-order valence-electron chi connectivity index (χ4n) is 2.22. The van der Waals surface area contributed by atoms with Crippen LogP contribution in [0.4, 0.5) is 22.0 Å². The molecule has 1 atom stereocenters. The molecule has 11 heteroatoms. The van der Waals surface area contributed by atoms with Crippen LogP contribution in [0, 0.1) is 29.1 Å². The summed E-state index contributed by atoms with van der Waals surface area (Å²) in [5.74, 6) is -14.1. The van der Waals surface area contributed by atoms with Crippen LogP contribution in [0.1, 0.15) is 10.4 Å². The largest absolute Gasteiger partial charge is 0.394 e. The van der Waals surface area contributed by atoms with Gasteiger partial charge in [-0.3, -0.25) is 9.59 Å². The van der Waals surface area contributed by atoms with Gasteiger partial charge in [0, 0.05) is 13.1 Å². The maximum Gasteiger partial charge on any atom is 0.258 e. The summed E-state index contributed by atoms with van der Waals surface area (Å²) in [5, 5.41) is 11.0. The lowest BCUT2D eigenvalue weighted by Crippen LogP contribution is -2.53. The SMILES string of the molecule is O=C(N[C@@H](CO)C(=O)N1CCOCC1)c1c(F)c(F)c(F)c(F)c1F. The molecule has 1 fully saturated rings. The number of rotatable bonds is 4. The molecule has 0 radical (unpaired) electrons. The number of halogens is 5. The summed E-state index contributed by atoms with van der Waals surface area (Å²) in [6.07, 6.45) is 0. The van der Waals surface area contributed by atoms with E-state index in [1.165, 1.54) is 4.90 Å². The van der Waals surface area contributed by atoms with Crippen molar-refractivity contribution in [3.8, 4) is 0 Å². The van der Waals surface area contributed by atoms with E-state index in [4.69, 9.17) is 4.74 Å². The molecule has 1 aliphatic heterocycles. The van der Waals surface area contributed by atoms with Crippen LogP contribution in [-0.2, 0) is 9.53 Å². The standard InChI is InChI=1S/C14H13F5N2O4/c15-8-7(9(16)11(18)12(19)10(8)17)13(23)20-6(5-22)14(24)21-1-3-25-4-2-21/h6,22H,1-5H2,(H,20,23)/t6-/m0/s1. The number of morpholine rings is 1. The second-order valence-electron chi connectivity index (χ2n) is 5.09. The highest BCUT2D eigenvalue weighted by Crippen LogP contribution is 2.23. The minimum atomic E-state index is -2.41. The first-order valence-electron chi connectivity index (χ1n) is 7.09. The quantitative estimate of drug-likeness (QED) is 0.456. The normalized spacial score (nSPS) is 15.8. The second-order valence-corrected chi connectivity index (χ2v) is 5.09. The first kappa shape index (κ1) is 19.1. The summed E-state index contributed by atoms with van der Waals surface area (Å²) in [6, 6.07) is -1.61. The van der Waals surface area contributed by atoms with Crippen molar-refractivity contribution in [2.75, 3.05) is 32.9 Å². The molecule has 1 aliphatic rings. The van der Waals surface area contributed by atoms with Gasteiger partial charge in [0.1, 0.15) is 11.6 Å². The van der Waals surface area contributed by atoms with Crippen LogP contribution in [0.15, 0.2) is 0 Å². The van der Waals surface area contributed by atoms with Crippen molar-refractivity contribution in [2.24, 2.45) is 0 Å². The van der Waals surface area contributed by atoms with Gasteiger partial charge in [0.15, 0.2) is 23.3 Å². The van der Waals surface area contributed by atoms with E-state index in [0.717, 1.165) is 0 Å². The van der Waals surface area contributed by atoms with Crippen LogP contribution >= 0.6 is 0 Å². The number of amides is 2. The Balaban J connectivity index is 2.24. The summed E-state index contributed by atoms with van der Waals surface area (Å²) < 4.78 is 71.5. The van der Waals surface area contributed by atoms with Crippen molar-refractivity contribution in [3.63, 3.8) is 0 Å². The van der Waals surface area contributed by atoms with E-state index in [2.05, 4.69) is 0 Å². The number of nitrogens with one attached hydrogen (secondary N) is 1. The van der Waals surface area contributed by atoms with E-state index in [1.807, 2.05) is 0 Å². The first-order chi connectivity index (χ1) is 11.8. The molecular weight excluding hydrogens is 355 g/mol. The Morgan fingerprint density at radius 1 is 1.00 bits per heavy atom. The number of carbonyl (C=O) groups excluding carboxylic acids is 2. The smallest absolute Gasteiger partial charge is 0.258 e. The third-order valence-corrected chi connectivity index (χ3v) is 3.55. The van der Waals surface area contributed by atoms with Crippen molar-refractivity contribution in [3.05, 3.63) is 34.6 Å². The molecule has 2 rings (SSSR count). The Morgan fingerprint density at radius 2 is 1.48 bits per heavy atom. The lowest BCUT2D eigenvalue weighted by Gasteiger charge is -2.30. The van der Waals surface area contributed by atoms with Crippen LogP contribution in [0.25, 0.3) is 0 Å². The Morgan fingerprint density at radius 3 is 1.96 bits per heavy atom. The molecule has 1 aromatic rings. The maximum absolute atomic E-state index is 13.6.